The molecule has 1 aliphatic rings. The van der Waals surface area contributed by atoms with Crippen molar-refractivity contribution in [1.29, 1.82) is 0 Å². The fourth-order valence-electron chi connectivity index (χ4n) is 4.05. The van der Waals surface area contributed by atoms with Gasteiger partial charge < -0.3 is 20.1 Å². The van der Waals surface area contributed by atoms with Crippen molar-refractivity contribution in [3.8, 4) is 17.6 Å². The van der Waals surface area contributed by atoms with Crippen LogP contribution >= 0.6 is 0 Å². The second-order valence-electron chi connectivity index (χ2n) is 9.19. The number of carbonyl (C=O) groups is 1. The lowest BCUT2D eigenvalue weighted by Crippen LogP contribution is -2.44. The third kappa shape index (κ3) is 8.08. The first-order valence-electron chi connectivity index (χ1n) is 11.4. The van der Waals surface area contributed by atoms with Crippen LogP contribution in [0.2, 0.25) is 0 Å². The fraction of sp³-hybridized carbons (Fsp3) is 0.640. The lowest BCUT2D eigenvalue weighted by Gasteiger charge is -2.37. The minimum absolute atomic E-state index is 0.211. The molecule has 31 heavy (non-hydrogen) atoms. The van der Waals surface area contributed by atoms with Crippen molar-refractivity contribution in [3.05, 3.63) is 28.8 Å². The summed E-state index contributed by atoms with van der Waals surface area (Å²) in [5, 5.41) is 13.2. The van der Waals surface area contributed by atoms with E-state index >= 15 is 0 Å². The van der Waals surface area contributed by atoms with Crippen LogP contribution in [0.25, 0.3) is 0 Å². The maximum Gasteiger partial charge on any atom is 0.408 e. The van der Waals surface area contributed by atoms with E-state index in [4.69, 9.17) is 4.74 Å². The number of phenolic OH excluding ortho intramolecular Hbond substituents is 1. The van der Waals surface area contributed by atoms with E-state index in [-0.39, 0.29) is 6.54 Å². The Kier molecular flexibility index (Phi) is 9.21. The van der Waals surface area contributed by atoms with Gasteiger partial charge in [0, 0.05) is 23.7 Å². The van der Waals surface area contributed by atoms with Gasteiger partial charge in [0.05, 0.1) is 6.54 Å². The van der Waals surface area contributed by atoms with Gasteiger partial charge in [-0.05, 0) is 84.4 Å². The molecule has 1 saturated heterocycles. The number of alkyl carbamates (subject to hydrolysis) is 1. The standard InChI is InChI=1S/C25H39N3O3/c1-7-28(8-2)22-11-14-27(15-12-22)18-21-17-20(16-19(3)23(21)29)10-9-13-26-24(30)31-25(4,5)6/h16-17,22,29H,7-8,11-15,18H2,1-6H3,(H,26,30). The molecule has 0 radical (unpaired) electrons. The minimum Gasteiger partial charge on any atom is -0.507 e. The molecule has 0 atom stereocenters. The number of nitrogens with one attached hydrogen (secondary N) is 1. The summed E-state index contributed by atoms with van der Waals surface area (Å²) >= 11 is 0. The average Bonchev–Trinajstić information content (AvgIpc) is 2.70. The molecule has 0 spiro atoms. The molecule has 2 rings (SSSR count). The van der Waals surface area contributed by atoms with E-state index in [0.29, 0.717) is 11.8 Å². The van der Waals surface area contributed by atoms with Crippen molar-refractivity contribution in [2.45, 2.75) is 72.6 Å². The molecular formula is C25H39N3O3. The number of nitrogens with zero attached hydrogens (tertiary/aromatic N) is 2. The number of hydrogen-bond acceptors (Lipinski definition) is 5. The van der Waals surface area contributed by atoms with Crippen molar-refractivity contribution in [3.63, 3.8) is 0 Å². The highest BCUT2D eigenvalue weighted by molar-refractivity contribution is 5.68. The van der Waals surface area contributed by atoms with E-state index in [0.717, 1.165) is 62.3 Å². The normalized spacial score (nSPS) is 15.5. The second-order valence-corrected chi connectivity index (χ2v) is 9.19. The quantitative estimate of drug-likeness (QED) is 0.672. The second kappa shape index (κ2) is 11.4. The van der Waals surface area contributed by atoms with E-state index in [1.54, 1.807) is 0 Å². The topological polar surface area (TPSA) is 65.0 Å². The average molecular weight is 430 g/mol. The molecule has 0 unspecified atom stereocenters. The number of phenols is 1. The van der Waals surface area contributed by atoms with Gasteiger partial charge in [-0.2, -0.15) is 0 Å². The summed E-state index contributed by atoms with van der Waals surface area (Å²) in [6.45, 7) is 17.0. The zero-order valence-electron chi connectivity index (χ0n) is 20.0. The van der Waals surface area contributed by atoms with Gasteiger partial charge >= 0.3 is 6.09 Å². The summed E-state index contributed by atoms with van der Waals surface area (Å²) in [6.07, 6.45) is 1.85. The fourth-order valence-corrected chi connectivity index (χ4v) is 4.05. The summed E-state index contributed by atoms with van der Waals surface area (Å²) in [4.78, 5) is 16.7. The molecule has 0 bridgehead atoms. The smallest absolute Gasteiger partial charge is 0.408 e. The van der Waals surface area contributed by atoms with Gasteiger partial charge in [-0.15, -0.1) is 0 Å². The third-order valence-corrected chi connectivity index (χ3v) is 5.61. The number of aryl methyl sites for hydroxylation is 1. The first-order chi connectivity index (χ1) is 14.6. The molecule has 1 amide bonds. The third-order valence-electron chi connectivity index (χ3n) is 5.61. The largest absolute Gasteiger partial charge is 0.507 e. The molecule has 172 valence electrons. The lowest BCUT2D eigenvalue weighted by molar-refractivity contribution is 0.0535. The lowest BCUT2D eigenvalue weighted by atomic mass is 10.0. The van der Waals surface area contributed by atoms with Crippen LogP contribution in [0.4, 0.5) is 4.79 Å². The molecule has 1 aromatic carbocycles. The number of amides is 1. The van der Waals surface area contributed by atoms with Crippen molar-refractivity contribution in [2.75, 3.05) is 32.7 Å². The van der Waals surface area contributed by atoms with Gasteiger partial charge in [0.1, 0.15) is 11.4 Å². The number of piperidine rings is 1. The Labute approximate surface area is 187 Å². The predicted molar refractivity (Wildman–Crippen MR) is 125 cm³/mol. The van der Waals surface area contributed by atoms with Crippen LogP contribution in [-0.2, 0) is 11.3 Å². The Hall–Kier alpha value is -2.23. The first kappa shape index (κ1) is 25.0. The maximum absolute atomic E-state index is 11.7. The SMILES string of the molecule is CCN(CC)C1CCN(Cc2cc(C#CCNC(=O)OC(C)(C)C)cc(C)c2O)CC1. The number of rotatable bonds is 6. The summed E-state index contributed by atoms with van der Waals surface area (Å²) in [7, 11) is 0. The van der Waals surface area contributed by atoms with Crippen molar-refractivity contribution >= 4 is 6.09 Å². The van der Waals surface area contributed by atoms with E-state index in [1.807, 2.05) is 39.8 Å². The number of hydrogen-bond donors (Lipinski definition) is 2. The molecule has 0 aromatic heterocycles. The first-order valence-corrected chi connectivity index (χ1v) is 11.4. The van der Waals surface area contributed by atoms with Crippen LogP contribution in [0, 0.1) is 18.8 Å². The molecule has 2 N–H and O–H groups in total. The number of ether oxygens (including phenoxy) is 1. The summed E-state index contributed by atoms with van der Waals surface area (Å²) in [5.74, 6) is 6.40. The van der Waals surface area contributed by atoms with Crippen LogP contribution in [0.1, 0.15) is 64.2 Å². The van der Waals surface area contributed by atoms with Crippen LogP contribution in [-0.4, -0.2) is 65.4 Å². The molecule has 6 heteroatoms. The molecule has 1 aliphatic heterocycles. The van der Waals surface area contributed by atoms with Crippen LogP contribution in [0.5, 0.6) is 5.75 Å². The zero-order chi connectivity index (χ0) is 23.0. The van der Waals surface area contributed by atoms with Crippen LogP contribution in [0.3, 0.4) is 0 Å². The summed E-state index contributed by atoms with van der Waals surface area (Å²) in [5.41, 5.74) is 2.04. The highest BCUT2D eigenvalue weighted by atomic mass is 16.6. The predicted octanol–water partition coefficient (Wildman–Crippen LogP) is 3.88. The van der Waals surface area contributed by atoms with Gasteiger partial charge in [0.15, 0.2) is 0 Å². The van der Waals surface area contributed by atoms with E-state index < -0.39 is 11.7 Å². The minimum atomic E-state index is -0.527. The van der Waals surface area contributed by atoms with Crippen molar-refractivity contribution in [1.82, 2.24) is 15.1 Å². The van der Waals surface area contributed by atoms with Gasteiger partial charge in [0.25, 0.3) is 0 Å². The molecule has 1 fully saturated rings. The maximum atomic E-state index is 11.7. The van der Waals surface area contributed by atoms with Crippen molar-refractivity contribution < 1.29 is 14.6 Å². The number of aromatic hydroxyl groups is 1. The number of carbonyl (C=O) groups excluding carboxylic acids is 1. The van der Waals surface area contributed by atoms with E-state index in [1.165, 1.54) is 0 Å². The highest BCUT2D eigenvalue weighted by Gasteiger charge is 2.23. The van der Waals surface area contributed by atoms with Crippen molar-refractivity contribution in [2.24, 2.45) is 0 Å². The molecule has 1 aromatic rings. The van der Waals surface area contributed by atoms with Gasteiger partial charge in [-0.25, -0.2) is 4.79 Å². The Morgan fingerprint density at radius 2 is 1.90 bits per heavy atom. The van der Waals surface area contributed by atoms with Gasteiger partial charge in [0.2, 0.25) is 0 Å². The molecule has 0 saturated carbocycles. The molecule has 1 heterocycles. The monoisotopic (exact) mass is 429 g/mol. The van der Waals surface area contributed by atoms with E-state index in [2.05, 4.69) is 40.8 Å². The molecular weight excluding hydrogens is 390 g/mol. The zero-order valence-corrected chi connectivity index (χ0v) is 20.0. The molecule has 0 aliphatic carbocycles. The number of likely N-dealkylation sites (tertiary alicyclic amines) is 1. The summed E-state index contributed by atoms with van der Waals surface area (Å²) in [6, 6.07) is 4.50. The Morgan fingerprint density at radius 3 is 2.48 bits per heavy atom. The Bertz CT molecular complexity index is 793. The number of benzene rings is 1. The van der Waals surface area contributed by atoms with Crippen LogP contribution in [0.15, 0.2) is 12.1 Å². The van der Waals surface area contributed by atoms with E-state index in [9.17, 15) is 9.90 Å². The van der Waals surface area contributed by atoms with Gasteiger partial charge in [-0.1, -0.05) is 25.7 Å². The Morgan fingerprint density at radius 1 is 1.26 bits per heavy atom. The van der Waals surface area contributed by atoms with Crippen LogP contribution < -0.4 is 5.32 Å². The highest BCUT2D eigenvalue weighted by Crippen LogP contribution is 2.27. The molecule has 6 nitrogen and oxygen atoms in total. The Balaban J connectivity index is 1.96. The summed E-state index contributed by atoms with van der Waals surface area (Å²) < 4.78 is 5.21. The van der Waals surface area contributed by atoms with Gasteiger partial charge in [-0.3, -0.25) is 4.90 Å².